The third-order valence-electron chi connectivity index (χ3n) is 2.17. The van der Waals surface area contributed by atoms with Gasteiger partial charge in [0.2, 0.25) is 19.7 Å². The molecule has 0 saturated heterocycles. The number of carboxylic acid groups (broad SMARTS) is 3. The quantitative estimate of drug-likeness (QED) is 0.0557. The van der Waals surface area contributed by atoms with E-state index in [1.807, 2.05) is 0 Å². The number of carbonyl (C=O) groups is 6. The Balaban J connectivity index is -0.0000000377. The lowest BCUT2D eigenvalue weighted by Crippen LogP contribution is -2.18. The van der Waals surface area contributed by atoms with E-state index in [1.165, 1.54) is 28.4 Å². The molecule has 0 aliphatic heterocycles. The van der Waals surface area contributed by atoms with E-state index in [4.69, 9.17) is 61.0 Å². The average molecular weight is 938 g/mol. The molecular formula is C23H52Cl5O23S2+. The first kappa shape index (κ1) is 84.0. The summed E-state index contributed by atoms with van der Waals surface area (Å²) in [5.74, 6) is -4.10. The van der Waals surface area contributed by atoms with Crippen molar-refractivity contribution in [3.8, 4) is 0 Å². The molecule has 0 saturated carbocycles. The van der Waals surface area contributed by atoms with Gasteiger partial charge in [0.05, 0.1) is 12.4 Å². The second kappa shape index (κ2) is 79.1. The van der Waals surface area contributed by atoms with Gasteiger partial charge in [-0.3, -0.25) is 9.59 Å². The van der Waals surface area contributed by atoms with Crippen LogP contribution in [0.25, 0.3) is 0 Å². The number of rotatable bonds is 19. The Kier molecular flexibility index (Phi) is 125. The van der Waals surface area contributed by atoms with E-state index in [9.17, 15) is 24.0 Å². The summed E-state index contributed by atoms with van der Waals surface area (Å²) in [6.45, 7) is -1.97. The molecule has 0 aliphatic carbocycles. The molecule has 0 rings (SSSR count). The molecule has 0 radical (unpaired) electrons. The molecule has 6 N–H and O–H groups in total. The number of carboxylic acids is 3. The topological polar surface area (TPSA) is 349 Å². The SMILES string of the molecule is C.C.C.COCOCC(=O)Cl.COCOCC(=O)Cl.COCOCC(=O)O.COCOCC(=O)OCC(=O)O.O.O=C(O)CO.O=S(Cl)Cl.O=S=O.[ClH2+]. The van der Waals surface area contributed by atoms with Gasteiger partial charge >= 0.3 is 35.4 Å². The number of esters is 1. The maximum atomic E-state index is 10.6. The van der Waals surface area contributed by atoms with Gasteiger partial charge in [0.15, 0.2) is 6.61 Å². The van der Waals surface area contributed by atoms with Crippen LogP contribution in [0, 0.1) is 12.4 Å². The Morgan fingerprint density at radius 2 is 0.811 bits per heavy atom. The Labute approximate surface area is 338 Å². The van der Waals surface area contributed by atoms with E-state index in [0.29, 0.717) is 0 Å². The van der Waals surface area contributed by atoms with Gasteiger partial charge in [-0.2, -0.15) is 8.42 Å². The van der Waals surface area contributed by atoms with E-state index >= 15 is 0 Å². The zero-order valence-electron chi connectivity index (χ0n) is 26.5. The van der Waals surface area contributed by atoms with Crippen molar-refractivity contribution in [3.63, 3.8) is 0 Å². The molecule has 0 spiro atoms. The normalized spacial score (nSPS) is 7.89. The minimum Gasteiger partial charge on any atom is -0.480 e. The van der Waals surface area contributed by atoms with Crippen molar-refractivity contribution in [2.24, 2.45) is 0 Å². The predicted molar refractivity (Wildman–Crippen MR) is 189 cm³/mol. The molecule has 0 aromatic rings. The van der Waals surface area contributed by atoms with Crippen LogP contribution in [0.3, 0.4) is 0 Å². The molecule has 0 amide bonds. The lowest BCUT2D eigenvalue weighted by molar-refractivity contribution is -0.161. The van der Waals surface area contributed by atoms with E-state index in [0.717, 1.165) is 0 Å². The zero-order chi connectivity index (χ0) is 39.2. The largest absolute Gasteiger partial charge is 0.480 e. The first-order valence-electron chi connectivity index (χ1n) is 11.1. The summed E-state index contributed by atoms with van der Waals surface area (Å²) in [4.78, 5) is 59.1. The van der Waals surface area contributed by atoms with Crippen LogP contribution in [0.15, 0.2) is 0 Å². The summed E-state index contributed by atoms with van der Waals surface area (Å²) >= 11 is 9.04. The lowest BCUT2D eigenvalue weighted by atomic mass is 10.7. The van der Waals surface area contributed by atoms with E-state index < -0.39 is 68.4 Å². The van der Waals surface area contributed by atoms with Crippen molar-refractivity contribution in [3.05, 3.63) is 0 Å². The standard InChI is InChI=1S/C6H10O6.2C4H7ClO3.C4H8O4.C2H4O3.3CH4.Cl2OS.ClH2.O2S.H2O/c1-10-4-11-3-6(9)12-2-5(7)8;3*1-7-3-8-2-4(5)6;3-1-2(4)5;;;;1-4(2)3;;1-3-2;/h2-4H2,1H3,(H,7,8);2*2-3H2,1H3;2-3H2,1H3,(H,5,6);3H,1H2,(H,4,5);3*1H4;;1H2;;1H2/q;;;;;;;;;+1;;. The fourth-order valence-electron chi connectivity index (χ4n) is 1.02. The van der Waals surface area contributed by atoms with E-state index in [-0.39, 0.29) is 93.8 Å². The van der Waals surface area contributed by atoms with Crippen molar-refractivity contribution in [2.75, 3.05) is 95.3 Å². The Morgan fingerprint density at radius 3 is 1.00 bits per heavy atom. The molecule has 0 unspecified atom stereocenters. The van der Waals surface area contributed by atoms with Gasteiger partial charge in [-0.15, -0.1) is 0 Å². The highest BCUT2D eigenvalue weighted by Gasteiger charge is 2.05. The van der Waals surface area contributed by atoms with E-state index in [1.54, 1.807) is 0 Å². The molecule has 0 aromatic heterocycles. The van der Waals surface area contributed by atoms with Crippen LogP contribution in [0.4, 0.5) is 0 Å². The van der Waals surface area contributed by atoms with Crippen molar-refractivity contribution < 1.29 is 122 Å². The highest BCUT2D eigenvalue weighted by Crippen LogP contribution is 1.89. The second-order valence-corrected chi connectivity index (χ2v) is 9.49. The molecule has 30 heteroatoms. The van der Waals surface area contributed by atoms with Gasteiger partial charge in [0.25, 0.3) is 0 Å². The number of halogens is 5. The summed E-state index contributed by atoms with van der Waals surface area (Å²) in [5, 5.41) is 30.0. The lowest BCUT2D eigenvalue weighted by Gasteiger charge is -2.01. The van der Waals surface area contributed by atoms with Crippen molar-refractivity contribution in [2.45, 2.75) is 22.3 Å². The van der Waals surface area contributed by atoms with Crippen LogP contribution >= 0.6 is 44.6 Å². The van der Waals surface area contributed by atoms with Crippen molar-refractivity contribution in [1.29, 1.82) is 0 Å². The third-order valence-corrected chi connectivity index (χ3v) is 2.39. The second-order valence-electron chi connectivity index (χ2n) is 5.98. The number of carbonyl (C=O) groups excluding carboxylic acids is 3. The zero-order valence-corrected chi connectivity index (χ0v) is 32.0. The molecular weight excluding hydrogens is 886 g/mol. The summed E-state index contributed by atoms with van der Waals surface area (Å²) in [6, 6.07) is 0. The van der Waals surface area contributed by atoms with Crippen LogP contribution in [-0.2, 0) is 92.2 Å². The number of aliphatic hydroxyl groups is 1. The Hall–Kier alpha value is -1.76. The smallest absolute Gasteiger partial charge is 0.341 e. The fraction of sp³-hybridized carbons (Fsp3) is 0.739. The van der Waals surface area contributed by atoms with Crippen molar-refractivity contribution >= 4 is 99.7 Å². The van der Waals surface area contributed by atoms with Crippen LogP contribution in [0.1, 0.15) is 22.3 Å². The highest BCUT2D eigenvalue weighted by molar-refractivity contribution is 8.26. The van der Waals surface area contributed by atoms with Gasteiger partial charge in [-0.25, -0.2) is 23.4 Å². The molecule has 0 bridgehead atoms. The first-order chi connectivity index (χ1) is 22.4. The third kappa shape index (κ3) is 184. The van der Waals surface area contributed by atoms with Gasteiger partial charge in [0, 0.05) is 49.8 Å². The number of aliphatic carboxylic acids is 3. The molecule has 0 fully saturated rings. The highest BCUT2D eigenvalue weighted by atomic mass is 36.0. The average Bonchev–Trinajstić information content (AvgIpc) is 2.98. The van der Waals surface area contributed by atoms with Gasteiger partial charge in [-0.05, 0) is 23.2 Å². The van der Waals surface area contributed by atoms with Gasteiger partial charge in [-0.1, -0.05) is 22.3 Å². The summed E-state index contributed by atoms with van der Waals surface area (Å²) in [6.07, 6.45) is 0. The number of hydrogen-bond donors (Lipinski definition) is 4. The maximum absolute atomic E-state index is 10.6. The summed E-state index contributed by atoms with van der Waals surface area (Å²) < 4.78 is 65.8. The number of ether oxygens (including phenoxy) is 9. The molecule has 0 atom stereocenters. The Morgan fingerprint density at radius 1 is 0.585 bits per heavy atom. The van der Waals surface area contributed by atoms with Crippen LogP contribution in [0.2, 0.25) is 0 Å². The fourth-order valence-corrected chi connectivity index (χ4v) is 1.17. The van der Waals surface area contributed by atoms with Crippen LogP contribution in [0.5, 0.6) is 0 Å². The van der Waals surface area contributed by atoms with Crippen LogP contribution < -0.4 is 0 Å². The number of methoxy groups -OCH3 is 4. The minimum absolute atomic E-state index is 0. The Bertz CT molecular complexity index is 805. The number of hydrogen-bond acceptors (Lipinski definition) is 19. The minimum atomic E-state index is -1.67. The molecule has 328 valence electrons. The summed E-state index contributed by atoms with van der Waals surface area (Å²) in [5.41, 5.74) is 0. The molecule has 53 heavy (non-hydrogen) atoms. The summed E-state index contributed by atoms with van der Waals surface area (Å²) in [7, 11) is 13.1. The van der Waals surface area contributed by atoms with Gasteiger partial charge < -0.3 is 68.5 Å². The molecule has 0 aromatic carbocycles. The van der Waals surface area contributed by atoms with E-state index in [2.05, 4.69) is 64.0 Å². The molecule has 0 heterocycles. The monoisotopic (exact) mass is 935 g/mol. The van der Waals surface area contributed by atoms with Crippen molar-refractivity contribution in [1.82, 2.24) is 0 Å². The molecule has 0 aliphatic rings. The predicted octanol–water partition coefficient (Wildman–Crippen LogP) is -0.345. The first-order valence-corrected chi connectivity index (χ1v) is 15.3. The maximum Gasteiger partial charge on any atom is 0.341 e. The molecule has 23 nitrogen and oxygen atoms in total. The van der Waals surface area contributed by atoms with Gasteiger partial charge in [0.1, 0.15) is 60.2 Å². The number of aliphatic hydroxyl groups excluding tert-OH is 1. The van der Waals surface area contributed by atoms with Crippen LogP contribution in [-0.4, -0.2) is 168 Å².